The fourth-order valence-corrected chi connectivity index (χ4v) is 2.85. The number of aliphatic hydroxyl groups is 1. The van der Waals surface area contributed by atoms with Gasteiger partial charge in [0.05, 0.1) is 6.10 Å². The van der Waals surface area contributed by atoms with E-state index in [9.17, 15) is 5.11 Å². The lowest BCUT2D eigenvalue weighted by Gasteiger charge is -2.18. The van der Waals surface area contributed by atoms with Crippen LogP contribution in [0.15, 0.2) is 36.4 Å². The van der Waals surface area contributed by atoms with Crippen molar-refractivity contribution in [2.75, 3.05) is 19.0 Å². The van der Waals surface area contributed by atoms with E-state index >= 15 is 0 Å². The molecule has 1 atom stereocenters. The van der Waals surface area contributed by atoms with Crippen molar-refractivity contribution in [3.8, 4) is 0 Å². The molecule has 112 valence electrons. The molecule has 0 amide bonds. The smallest absolute Gasteiger partial charge is 0.0831 e. The van der Waals surface area contributed by atoms with Crippen LogP contribution < -0.4 is 4.90 Å². The molecule has 0 spiro atoms. The summed E-state index contributed by atoms with van der Waals surface area (Å²) in [6.45, 7) is 6.36. The van der Waals surface area contributed by atoms with Crippen LogP contribution >= 0.6 is 0 Å². The maximum Gasteiger partial charge on any atom is 0.0831 e. The Hall–Kier alpha value is -1.80. The molecule has 1 N–H and O–H groups in total. The van der Waals surface area contributed by atoms with Crippen molar-refractivity contribution in [2.24, 2.45) is 0 Å². The summed E-state index contributed by atoms with van der Waals surface area (Å²) in [5.41, 5.74) is 7.14. The van der Waals surface area contributed by atoms with Crippen LogP contribution in [-0.2, 0) is 6.42 Å². The first-order chi connectivity index (χ1) is 9.88. The molecule has 2 aromatic rings. The Bertz CT molecular complexity index is 608. The van der Waals surface area contributed by atoms with Crippen molar-refractivity contribution in [2.45, 2.75) is 33.3 Å². The van der Waals surface area contributed by atoms with Gasteiger partial charge in [-0.15, -0.1) is 0 Å². The van der Waals surface area contributed by atoms with Gasteiger partial charge < -0.3 is 10.0 Å². The summed E-state index contributed by atoms with van der Waals surface area (Å²) in [6, 6.07) is 12.5. The summed E-state index contributed by atoms with van der Waals surface area (Å²) in [7, 11) is 4.03. The zero-order valence-corrected chi connectivity index (χ0v) is 13.6. The fraction of sp³-hybridized carbons (Fsp3) is 0.368. The number of hydrogen-bond acceptors (Lipinski definition) is 2. The first kappa shape index (κ1) is 15.6. The van der Waals surface area contributed by atoms with E-state index in [0.717, 1.165) is 11.3 Å². The van der Waals surface area contributed by atoms with Gasteiger partial charge in [-0.2, -0.15) is 0 Å². The van der Waals surface area contributed by atoms with Crippen LogP contribution in [0.25, 0.3) is 0 Å². The molecule has 1 unspecified atom stereocenters. The predicted molar refractivity (Wildman–Crippen MR) is 90.1 cm³/mol. The summed E-state index contributed by atoms with van der Waals surface area (Å²) in [6.07, 6.45) is 0.194. The Kier molecular flexibility index (Phi) is 4.69. The lowest BCUT2D eigenvalue weighted by Crippen LogP contribution is -2.10. The molecule has 0 saturated carbocycles. The molecule has 0 aliphatic heterocycles. The van der Waals surface area contributed by atoms with Crippen molar-refractivity contribution in [1.29, 1.82) is 0 Å². The van der Waals surface area contributed by atoms with E-state index in [2.05, 4.69) is 49.9 Å². The van der Waals surface area contributed by atoms with E-state index in [-0.39, 0.29) is 0 Å². The first-order valence-electron chi connectivity index (χ1n) is 7.40. The van der Waals surface area contributed by atoms with Gasteiger partial charge in [0.2, 0.25) is 0 Å². The van der Waals surface area contributed by atoms with E-state index < -0.39 is 6.10 Å². The van der Waals surface area contributed by atoms with Crippen molar-refractivity contribution < 1.29 is 5.11 Å². The summed E-state index contributed by atoms with van der Waals surface area (Å²) in [5.74, 6) is 0. The molecule has 0 aliphatic rings. The Balaban J connectivity index is 2.26. The van der Waals surface area contributed by atoms with Gasteiger partial charge in [-0.25, -0.2) is 0 Å². The highest BCUT2D eigenvalue weighted by molar-refractivity contribution is 5.48. The standard InChI is InChI=1S/C19H25NO/c1-13-9-14(2)18(15(3)10-13)12-19(21)16-7-6-8-17(11-16)20(4)5/h6-11,19,21H,12H2,1-5H3. The van der Waals surface area contributed by atoms with E-state index in [1.165, 1.54) is 22.3 Å². The average molecular weight is 283 g/mol. The van der Waals surface area contributed by atoms with Crippen LogP contribution in [0.3, 0.4) is 0 Å². The second kappa shape index (κ2) is 6.31. The lowest BCUT2D eigenvalue weighted by atomic mass is 9.93. The number of aryl methyl sites for hydroxylation is 3. The van der Waals surface area contributed by atoms with Crippen LogP contribution in [0.4, 0.5) is 5.69 Å². The van der Waals surface area contributed by atoms with Gasteiger partial charge in [0.15, 0.2) is 0 Å². The monoisotopic (exact) mass is 283 g/mol. The third kappa shape index (κ3) is 3.64. The highest BCUT2D eigenvalue weighted by Gasteiger charge is 2.13. The Morgan fingerprint density at radius 2 is 1.62 bits per heavy atom. The van der Waals surface area contributed by atoms with Crippen LogP contribution in [0.1, 0.15) is 33.9 Å². The minimum absolute atomic E-state index is 0.468. The topological polar surface area (TPSA) is 23.5 Å². The Morgan fingerprint density at radius 1 is 1.00 bits per heavy atom. The minimum atomic E-state index is -0.468. The first-order valence-corrected chi connectivity index (χ1v) is 7.40. The third-order valence-corrected chi connectivity index (χ3v) is 4.01. The lowest BCUT2D eigenvalue weighted by molar-refractivity contribution is 0.178. The number of anilines is 1. The zero-order chi connectivity index (χ0) is 15.6. The molecule has 0 saturated heterocycles. The molecule has 2 rings (SSSR count). The molecule has 0 radical (unpaired) electrons. The van der Waals surface area contributed by atoms with Gasteiger partial charge in [0.25, 0.3) is 0 Å². The van der Waals surface area contributed by atoms with Crippen LogP contribution in [-0.4, -0.2) is 19.2 Å². The quantitative estimate of drug-likeness (QED) is 0.918. The van der Waals surface area contributed by atoms with Crippen LogP contribution in [0, 0.1) is 20.8 Å². The summed E-state index contributed by atoms with van der Waals surface area (Å²) in [5, 5.41) is 10.6. The van der Waals surface area contributed by atoms with E-state index in [1.54, 1.807) is 0 Å². The van der Waals surface area contributed by atoms with Crippen molar-refractivity contribution in [1.82, 2.24) is 0 Å². The number of benzene rings is 2. The maximum atomic E-state index is 10.6. The molecule has 2 aromatic carbocycles. The van der Waals surface area contributed by atoms with E-state index in [4.69, 9.17) is 0 Å². The second-order valence-corrected chi connectivity index (χ2v) is 6.09. The largest absolute Gasteiger partial charge is 0.388 e. The van der Waals surface area contributed by atoms with Gasteiger partial charge in [-0.05, 0) is 55.2 Å². The van der Waals surface area contributed by atoms with Crippen molar-refractivity contribution in [3.05, 3.63) is 64.2 Å². The number of aliphatic hydroxyl groups excluding tert-OH is 1. The minimum Gasteiger partial charge on any atom is -0.388 e. The molecule has 2 nitrogen and oxygen atoms in total. The number of nitrogens with zero attached hydrogens (tertiary/aromatic N) is 1. The Morgan fingerprint density at radius 3 is 2.19 bits per heavy atom. The average Bonchev–Trinajstić information content (AvgIpc) is 2.42. The SMILES string of the molecule is Cc1cc(C)c(CC(O)c2cccc(N(C)C)c2)c(C)c1. The fourth-order valence-electron chi connectivity index (χ4n) is 2.85. The molecular formula is C19H25NO. The Labute approximate surface area is 128 Å². The van der Waals surface area contributed by atoms with Gasteiger partial charge in [-0.1, -0.05) is 29.8 Å². The summed E-state index contributed by atoms with van der Waals surface area (Å²) < 4.78 is 0. The molecule has 0 heterocycles. The van der Waals surface area contributed by atoms with E-state index in [0.29, 0.717) is 6.42 Å². The maximum absolute atomic E-state index is 10.6. The van der Waals surface area contributed by atoms with Gasteiger partial charge in [0, 0.05) is 26.2 Å². The zero-order valence-electron chi connectivity index (χ0n) is 13.6. The predicted octanol–water partition coefficient (Wildman–Crippen LogP) is 3.95. The molecule has 2 heteroatoms. The normalized spacial score (nSPS) is 12.3. The highest BCUT2D eigenvalue weighted by Crippen LogP contribution is 2.26. The third-order valence-electron chi connectivity index (χ3n) is 4.01. The number of hydrogen-bond donors (Lipinski definition) is 1. The van der Waals surface area contributed by atoms with E-state index in [1.807, 2.05) is 26.2 Å². The molecule has 0 bridgehead atoms. The van der Waals surface area contributed by atoms with Crippen molar-refractivity contribution >= 4 is 5.69 Å². The number of rotatable bonds is 4. The second-order valence-electron chi connectivity index (χ2n) is 6.09. The van der Waals surface area contributed by atoms with Gasteiger partial charge in [-0.3, -0.25) is 0 Å². The molecule has 0 aromatic heterocycles. The molecule has 0 fully saturated rings. The van der Waals surface area contributed by atoms with Gasteiger partial charge >= 0.3 is 0 Å². The molecule has 0 aliphatic carbocycles. The molecular weight excluding hydrogens is 258 g/mol. The summed E-state index contributed by atoms with van der Waals surface area (Å²) in [4.78, 5) is 2.05. The molecule has 21 heavy (non-hydrogen) atoms. The van der Waals surface area contributed by atoms with Crippen LogP contribution in [0.5, 0.6) is 0 Å². The van der Waals surface area contributed by atoms with Crippen molar-refractivity contribution in [3.63, 3.8) is 0 Å². The summed E-state index contributed by atoms with van der Waals surface area (Å²) >= 11 is 0. The van der Waals surface area contributed by atoms with Crippen LogP contribution in [0.2, 0.25) is 0 Å². The highest BCUT2D eigenvalue weighted by atomic mass is 16.3. The van der Waals surface area contributed by atoms with Gasteiger partial charge in [0.1, 0.15) is 0 Å².